The van der Waals surface area contributed by atoms with Crippen LogP contribution in [0.1, 0.15) is 46.0 Å². The van der Waals surface area contributed by atoms with Crippen molar-refractivity contribution in [3.63, 3.8) is 0 Å². The molecule has 2 aliphatic rings. The molecular weight excluding hydrogens is 226 g/mol. The van der Waals surface area contributed by atoms with E-state index in [0.29, 0.717) is 12.3 Å². The number of piperidine rings is 1. The van der Waals surface area contributed by atoms with Crippen LogP contribution in [0.15, 0.2) is 0 Å². The van der Waals surface area contributed by atoms with Gasteiger partial charge in [0, 0.05) is 30.6 Å². The highest BCUT2D eigenvalue weighted by Crippen LogP contribution is 2.36. The number of carbonyl (C=O) groups excluding carboxylic acids is 1. The summed E-state index contributed by atoms with van der Waals surface area (Å²) in [6, 6.07) is 1.49. The van der Waals surface area contributed by atoms with E-state index in [4.69, 9.17) is 5.73 Å². The lowest BCUT2D eigenvalue weighted by Crippen LogP contribution is -2.44. The van der Waals surface area contributed by atoms with Crippen molar-refractivity contribution < 1.29 is 4.79 Å². The van der Waals surface area contributed by atoms with Crippen LogP contribution in [-0.2, 0) is 4.79 Å². The zero-order chi connectivity index (χ0) is 13.3. The standard InChI is InChI=1S/C14H27N3O/c1-14(2,15)8-13(18)16-9-10-6-11-4-5-12(7-10)17(11)3/h10-12H,4-9,15H2,1-3H3,(H,16,18). The number of hydrogen-bond acceptors (Lipinski definition) is 3. The van der Waals surface area contributed by atoms with Gasteiger partial charge in [-0.1, -0.05) is 0 Å². The van der Waals surface area contributed by atoms with Gasteiger partial charge in [0.15, 0.2) is 0 Å². The molecule has 0 aromatic rings. The minimum atomic E-state index is -0.407. The number of nitrogens with one attached hydrogen (secondary N) is 1. The maximum atomic E-state index is 11.7. The van der Waals surface area contributed by atoms with Crippen molar-refractivity contribution in [3.8, 4) is 0 Å². The normalized spacial score (nSPS) is 32.6. The van der Waals surface area contributed by atoms with Crippen LogP contribution in [0.4, 0.5) is 0 Å². The van der Waals surface area contributed by atoms with E-state index in [0.717, 1.165) is 18.6 Å². The molecule has 0 saturated carbocycles. The molecule has 2 heterocycles. The second-order valence-corrected chi connectivity index (χ2v) is 6.86. The lowest BCUT2D eigenvalue weighted by Gasteiger charge is -2.36. The van der Waals surface area contributed by atoms with Crippen LogP contribution in [0.25, 0.3) is 0 Å². The molecule has 2 bridgehead atoms. The average molecular weight is 253 g/mol. The van der Waals surface area contributed by atoms with E-state index in [1.54, 1.807) is 0 Å². The predicted octanol–water partition coefficient (Wildman–Crippen LogP) is 1.10. The summed E-state index contributed by atoms with van der Waals surface area (Å²) in [4.78, 5) is 14.3. The van der Waals surface area contributed by atoms with E-state index in [-0.39, 0.29) is 5.91 Å². The molecule has 0 aliphatic carbocycles. The zero-order valence-electron chi connectivity index (χ0n) is 11.9. The lowest BCUT2D eigenvalue weighted by atomic mass is 9.91. The summed E-state index contributed by atoms with van der Waals surface area (Å²) in [5.74, 6) is 0.748. The molecule has 1 amide bonds. The number of amides is 1. The van der Waals surface area contributed by atoms with Crippen LogP contribution in [-0.4, -0.2) is 42.0 Å². The monoisotopic (exact) mass is 253 g/mol. The second kappa shape index (κ2) is 5.17. The lowest BCUT2D eigenvalue weighted by molar-refractivity contribution is -0.122. The number of nitrogens with zero attached hydrogens (tertiary/aromatic N) is 1. The molecule has 2 aliphatic heterocycles. The molecule has 104 valence electrons. The molecule has 3 N–H and O–H groups in total. The van der Waals surface area contributed by atoms with Crippen molar-refractivity contribution in [1.29, 1.82) is 0 Å². The Morgan fingerprint density at radius 2 is 1.89 bits per heavy atom. The molecule has 2 fully saturated rings. The fourth-order valence-electron chi connectivity index (χ4n) is 3.43. The van der Waals surface area contributed by atoms with Crippen molar-refractivity contribution in [3.05, 3.63) is 0 Å². The third-order valence-electron chi connectivity index (χ3n) is 4.40. The molecule has 0 aromatic heterocycles. The molecule has 2 atom stereocenters. The highest BCUT2D eigenvalue weighted by Gasteiger charge is 2.38. The van der Waals surface area contributed by atoms with Crippen LogP contribution in [0.3, 0.4) is 0 Å². The first-order chi connectivity index (χ1) is 8.35. The van der Waals surface area contributed by atoms with E-state index >= 15 is 0 Å². The van der Waals surface area contributed by atoms with Gasteiger partial charge < -0.3 is 16.0 Å². The van der Waals surface area contributed by atoms with Crippen LogP contribution in [0.5, 0.6) is 0 Å². The molecule has 2 unspecified atom stereocenters. The molecule has 0 spiro atoms. The first-order valence-electron chi connectivity index (χ1n) is 7.12. The topological polar surface area (TPSA) is 58.4 Å². The van der Waals surface area contributed by atoms with Gasteiger partial charge in [-0.25, -0.2) is 0 Å². The summed E-state index contributed by atoms with van der Waals surface area (Å²) in [6.45, 7) is 4.61. The summed E-state index contributed by atoms with van der Waals surface area (Å²) >= 11 is 0. The number of hydrogen-bond donors (Lipinski definition) is 2. The number of carbonyl (C=O) groups is 1. The summed E-state index contributed by atoms with van der Waals surface area (Å²) in [5.41, 5.74) is 5.44. The van der Waals surface area contributed by atoms with Crippen molar-refractivity contribution in [2.24, 2.45) is 11.7 Å². The maximum absolute atomic E-state index is 11.7. The molecule has 18 heavy (non-hydrogen) atoms. The summed E-state index contributed by atoms with van der Waals surface area (Å²) < 4.78 is 0. The predicted molar refractivity (Wildman–Crippen MR) is 73.2 cm³/mol. The van der Waals surface area contributed by atoms with E-state index in [9.17, 15) is 4.79 Å². The Kier molecular flexibility index (Phi) is 3.97. The van der Waals surface area contributed by atoms with Crippen LogP contribution in [0.2, 0.25) is 0 Å². The Hall–Kier alpha value is -0.610. The summed E-state index contributed by atoms with van der Waals surface area (Å²) in [5, 5.41) is 3.06. The van der Waals surface area contributed by atoms with E-state index in [2.05, 4.69) is 17.3 Å². The largest absolute Gasteiger partial charge is 0.356 e. The highest BCUT2D eigenvalue weighted by atomic mass is 16.1. The fraction of sp³-hybridized carbons (Fsp3) is 0.929. The Bertz CT molecular complexity index is 297. The van der Waals surface area contributed by atoms with Gasteiger partial charge in [-0.3, -0.25) is 4.79 Å². The first-order valence-corrected chi connectivity index (χ1v) is 7.12. The SMILES string of the molecule is CN1C2CCC1CC(CNC(=O)CC(C)(C)N)C2. The maximum Gasteiger partial charge on any atom is 0.221 e. The van der Waals surface area contributed by atoms with E-state index in [1.807, 2.05) is 13.8 Å². The van der Waals surface area contributed by atoms with Crippen molar-refractivity contribution >= 4 is 5.91 Å². The molecule has 2 rings (SSSR count). The Labute approximate surface area is 110 Å². The zero-order valence-corrected chi connectivity index (χ0v) is 11.9. The van der Waals surface area contributed by atoms with E-state index < -0.39 is 5.54 Å². The highest BCUT2D eigenvalue weighted by molar-refractivity contribution is 5.77. The Balaban J connectivity index is 1.74. The van der Waals surface area contributed by atoms with Gasteiger partial charge in [0.25, 0.3) is 0 Å². The molecule has 4 heteroatoms. The third kappa shape index (κ3) is 3.45. The van der Waals surface area contributed by atoms with Crippen LogP contribution in [0, 0.1) is 5.92 Å². The summed E-state index contributed by atoms with van der Waals surface area (Å²) in [7, 11) is 2.24. The van der Waals surface area contributed by atoms with Gasteiger partial charge in [0.05, 0.1) is 0 Å². The number of fused-ring (bicyclic) bond motifs is 2. The third-order valence-corrected chi connectivity index (χ3v) is 4.40. The van der Waals surface area contributed by atoms with Crippen molar-refractivity contribution in [1.82, 2.24) is 10.2 Å². The smallest absolute Gasteiger partial charge is 0.221 e. The Morgan fingerprint density at radius 1 is 1.33 bits per heavy atom. The van der Waals surface area contributed by atoms with Crippen molar-refractivity contribution in [2.45, 2.75) is 63.6 Å². The number of nitrogens with two attached hydrogens (primary N) is 1. The van der Waals surface area contributed by atoms with Gasteiger partial charge in [-0.2, -0.15) is 0 Å². The van der Waals surface area contributed by atoms with Gasteiger partial charge in [-0.05, 0) is 52.5 Å². The molecule has 0 aromatic carbocycles. The minimum absolute atomic E-state index is 0.0915. The van der Waals surface area contributed by atoms with Crippen LogP contribution >= 0.6 is 0 Å². The minimum Gasteiger partial charge on any atom is -0.356 e. The second-order valence-electron chi connectivity index (χ2n) is 6.86. The van der Waals surface area contributed by atoms with Crippen LogP contribution < -0.4 is 11.1 Å². The first kappa shape index (κ1) is 13.8. The molecular formula is C14H27N3O. The van der Waals surface area contributed by atoms with Crippen molar-refractivity contribution in [2.75, 3.05) is 13.6 Å². The van der Waals surface area contributed by atoms with Gasteiger partial charge >= 0.3 is 0 Å². The fourth-order valence-corrected chi connectivity index (χ4v) is 3.43. The van der Waals surface area contributed by atoms with Gasteiger partial charge in [0.1, 0.15) is 0 Å². The number of rotatable bonds is 4. The molecule has 0 radical (unpaired) electrons. The quantitative estimate of drug-likeness (QED) is 0.789. The molecule has 2 saturated heterocycles. The van der Waals surface area contributed by atoms with E-state index in [1.165, 1.54) is 25.7 Å². The summed E-state index contributed by atoms with van der Waals surface area (Å²) in [6.07, 6.45) is 5.55. The molecule has 4 nitrogen and oxygen atoms in total. The van der Waals surface area contributed by atoms with Gasteiger partial charge in [0.2, 0.25) is 5.91 Å². The average Bonchev–Trinajstić information content (AvgIpc) is 2.50. The Morgan fingerprint density at radius 3 is 2.39 bits per heavy atom. The van der Waals surface area contributed by atoms with Gasteiger partial charge in [-0.15, -0.1) is 0 Å².